The van der Waals surface area contributed by atoms with Crippen LogP contribution in [0.5, 0.6) is 0 Å². The lowest BCUT2D eigenvalue weighted by molar-refractivity contribution is -0.145. The molecule has 4 aliphatic carbocycles. The van der Waals surface area contributed by atoms with Gasteiger partial charge in [-0.05, 0) is 86.6 Å². The minimum Gasteiger partial charge on any atom is -0.343 e. The van der Waals surface area contributed by atoms with Crippen LogP contribution in [0.15, 0.2) is 12.7 Å². The molecular weight excluding hydrogens is 771 g/mol. The fraction of sp³-hybridized carbons (Fsp3) is 0.841. The highest BCUT2D eigenvalue weighted by Crippen LogP contribution is 2.88. The number of piperidine rings is 1. The van der Waals surface area contributed by atoms with Crippen molar-refractivity contribution in [2.45, 2.75) is 169 Å². The topological polar surface area (TPSA) is 177 Å². The molecule has 2 aliphatic heterocycles. The third-order valence-electron chi connectivity index (χ3n) is 16.1. The van der Waals surface area contributed by atoms with Crippen LogP contribution in [0.4, 0.5) is 0 Å². The number of likely N-dealkylation sites (tertiary alicyclic amines) is 2. The molecule has 0 unspecified atom stereocenters. The molecule has 14 nitrogen and oxygen atoms in total. The molecule has 2 heterocycles. The van der Waals surface area contributed by atoms with Crippen molar-refractivity contribution >= 4 is 39.7 Å². The number of carbonyl (C=O) groups is 5. The monoisotopic (exact) mass is 844 g/mol. The van der Waals surface area contributed by atoms with Crippen molar-refractivity contribution in [1.29, 1.82) is 0 Å². The summed E-state index contributed by atoms with van der Waals surface area (Å²) in [6, 6.07) is -3.09. The molecule has 0 aromatic carbocycles. The first kappa shape index (κ1) is 45.5. The SMILES string of the molecule is C=C[C@@H]1C[C@]1(NC(=O)[C@@H]1C[C@@]2(CN1C(=O)[C@@H](NC(=O)[C@@H](NC(=O)[C@@H]1CCCCN1CC)C1CCCCC1)C(C)(C)C)C(C)(C)C21CCC1)C(=O)NS(=O)(=O)N(CC)CC. The van der Waals surface area contributed by atoms with Gasteiger partial charge in [0, 0.05) is 31.0 Å². The quantitative estimate of drug-likeness (QED) is 0.179. The molecule has 5 amide bonds. The van der Waals surface area contributed by atoms with Gasteiger partial charge in [-0.15, -0.1) is 6.58 Å². The van der Waals surface area contributed by atoms with E-state index in [1.54, 1.807) is 24.8 Å². The van der Waals surface area contributed by atoms with E-state index in [9.17, 15) is 27.6 Å². The molecule has 0 aromatic heterocycles. The Bertz CT molecular complexity index is 1770. The number of rotatable bonds is 15. The Morgan fingerprint density at radius 2 is 1.49 bits per heavy atom. The fourth-order valence-corrected chi connectivity index (χ4v) is 13.3. The minimum atomic E-state index is -4.17. The summed E-state index contributed by atoms with van der Waals surface area (Å²) in [6.45, 7) is 21.7. The summed E-state index contributed by atoms with van der Waals surface area (Å²) in [5.74, 6) is -2.82. The van der Waals surface area contributed by atoms with Crippen LogP contribution in [0.2, 0.25) is 0 Å². The Morgan fingerprint density at radius 1 is 0.847 bits per heavy atom. The second-order valence-corrected chi connectivity index (χ2v) is 21.9. The third kappa shape index (κ3) is 7.87. The largest absolute Gasteiger partial charge is 0.343 e. The lowest BCUT2D eigenvalue weighted by atomic mass is 9.73. The van der Waals surface area contributed by atoms with Crippen molar-refractivity contribution in [3.05, 3.63) is 12.7 Å². The predicted molar refractivity (Wildman–Crippen MR) is 227 cm³/mol. The maximum Gasteiger partial charge on any atom is 0.303 e. The first-order chi connectivity index (χ1) is 27.7. The average molecular weight is 844 g/mol. The Labute approximate surface area is 353 Å². The van der Waals surface area contributed by atoms with Gasteiger partial charge in [-0.3, -0.25) is 28.9 Å². The lowest BCUT2D eigenvalue weighted by Crippen LogP contribution is -2.63. The molecule has 332 valence electrons. The van der Waals surface area contributed by atoms with E-state index in [0.717, 1.165) is 88.0 Å². The summed E-state index contributed by atoms with van der Waals surface area (Å²) in [5.41, 5.74) is -2.82. The van der Waals surface area contributed by atoms with E-state index >= 15 is 4.79 Å². The summed E-state index contributed by atoms with van der Waals surface area (Å²) in [5, 5.41) is 9.28. The Kier molecular flexibility index (Phi) is 12.9. The number of hydrogen-bond acceptors (Lipinski definition) is 8. The van der Waals surface area contributed by atoms with Gasteiger partial charge in [0.05, 0.1) is 6.04 Å². The first-order valence-electron chi connectivity index (χ1n) is 22.6. The van der Waals surface area contributed by atoms with E-state index in [0.29, 0.717) is 13.0 Å². The molecule has 0 aromatic rings. The number of amides is 5. The molecule has 6 aliphatic rings. The first-order valence-corrected chi connectivity index (χ1v) is 24.1. The molecule has 2 saturated heterocycles. The van der Waals surface area contributed by atoms with Crippen molar-refractivity contribution in [2.75, 3.05) is 32.7 Å². The van der Waals surface area contributed by atoms with E-state index < -0.39 is 57.0 Å². The van der Waals surface area contributed by atoms with Gasteiger partial charge in [-0.2, -0.15) is 12.7 Å². The Balaban J connectivity index is 1.28. The molecule has 7 atom stereocenters. The summed E-state index contributed by atoms with van der Waals surface area (Å²) in [6.07, 6.45) is 12.6. The second kappa shape index (κ2) is 16.7. The molecule has 6 fully saturated rings. The summed E-state index contributed by atoms with van der Waals surface area (Å²) >= 11 is 0. The van der Waals surface area contributed by atoms with Crippen molar-refractivity contribution < 1.29 is 32.4 Å². The number of likely N-dealkylation sites (N-methyl/N-ethyl adjacent to an activating group) is 1. The number of carbonyl (C=O) groups excluding carboxylic acids is 5. The van der Waals surface area contributed by atoms with E-state index in [1.165, 1.54) is 0 Å². The van der Waals surface area contributed by atoms with E-state index in [2.05, 4.69) is 52.9 Å². The van der Waals surface area contributed by atoms with Gasteiger partial charge in [0.25, 0.3) is 5.91 Å². The van der Waals surface area contributed by atoms with Crippen LogP contribution in [0.25, 0.3) is 0 Å². The van der Waals surface area contributed by atoms with Gasteiger partial charge in [0.1, 0.15) is 23.7 Å². The van der Waals surface area contributed by atoms with E-state index in [-0.39, 0.29) is 65.4 Å². The van der Waals surface area contributed by atoms with Gasteiger partial charge in [-0.25, -0.2) is 4.72 Å². The van der Waals surface area contributed by atoms with Crippen LogP contribution in [-0.4, -0.2) is 114 Å². The molecule has 6 rings (SSSR count). The highest BCUT2D eigenvalue weighted by molar-refractivity contribution is 7.87. The standard InChI is InChI=1S/C44H73N7O7S/c1-10-30-26-44(30,39(56)48-59(57,58)50(12-3)13-4)47-36(53)32-27-43(41(8,9)42(43)23-19-24-42)28-51(32)38(55)34(40(5,6)7)46-37(54)33(29-20-15-14-16-21-29)45-35(52)31-22-17-18-25-49(31)11-2/h10,29-34H,1,11-28H2,2-9H3,(H,45,52)(H,46,54)(H,47,53)(H,48,56)/t30-,31+,32+,33+,34-,43-,44-/m1/s1. The molecule has 15 heteroatoms. The summed E-state index contributed by atoms with van der Waals surface area (Å²) in [7, 11) is -4.17. The summed E-state index contributed by atoms with van der Waals surface area (Å²) < 4.78 is 29.6. The highest BCUT2D eigenvalue weighted by atomic mass is 32.2. The van der Waals surface area contributed by atoms with Gasteiger partial charge < -0.3 is 20.9 Å². The zero-order valence-corrected chi connectivity index (χ0v) is 37.9. The van der Waals surface area contributed by atoms with Crippen molar-refractivity contribution in [3.8, 4) is 0 Å². The number of nitrogens with zero attached hydrogens (tertiary/aromatic N) is 3. The zero-order valence-electron chi connectivity index (χ0n) is 37.1. The smallest absolute Gasteiger partial charge is 0.303 e. The molecule has 59 heavy (non-hydrogen) atoms. The van der Waals surface area contributed by atoms with Crippen LogP contribution >= 0.6 is 0 Å². The molecule has 4 N–H and O–H groups in total. The van der Waals surface area contributed by atoms with Gasteiger partial charge >= 0.3 is 10.2 Å². The zero-order chi connectivity index (χ0) is 43.3. The van der Waals surface area contributed by atoms with Gasteiger partial charge in [0.2, 0.25) is 23.6 Å². The fourth-order valence-electron chi connectivity index (χ4n) is 12.1. The van der Waals surface area contributed by atoms with Gasteiger partial charge in [0.15, 0.2) is 0 Å². The number of nitrogens with one attached hydrogen (secondary N) is 4. The second-order valence-electron chi connectivity index (χ2n) is 20.2. The maximum absolute atomic E-state index is 15.3. The lowest BCUT2D eigenvalue weighted by Gasteiger charge is -2.39. The molecule has 4 saturated carbocycles. The van der Waals surface area contributed by atoms with E-state index in [1.807, 2.05) is 20.8 Å². The summed E-state index contributed by atoms with van der Waals surface area (Å²) in [4.78, 5) is 76.3. The van der Waals surface area contributed by atoms with Crippen LogP contribution in [0.3, 0.4) is 0 Å². The predicted octanol–water partition coefficient (Wildman–Crippen LogP) is 4.02. The Morgan fingerprint density at radius 3 is 2.02 bits per heavy atom. The average Bonchev–Trinajstić information content (AvgIpc) is 3.90. The Hall–Kier alpha value is -3.04. The molecule has 0 bridgehead atoms. The normalized spacial score (nSPS) is 31.2. The molecule has 2 spiro atoms. The molecule has 0 radical (unpaired) electrons. The number of fused-ring (bicyclic) bond motifs is 1. The highest BCUT2D eigenvalue weighted by Gasteiger charge is 2.85. The minimum absolute atomic E-state index is 0.0218. The maximum atomic E-state index is 15.3. The van der Waals surface area contributed by atoms with Crippen molar-refractivity contribution in [1.82, 2.24) is 34.8 Å². The van der Waals surface area contributed by atoms with Crippen LogP contribution in [0, 0.1) is 33.5 Å². The van der Waals surface area contributed by atoms with Gasteiger partial charge in [-0.1, -0.05) is 93.6 Å². The van der Waals surface area contributed by atoms with Crippen LogP contribution in [-0.2, 0) is 34.2 Å². The third-order valence-corrected chi connectivity index (χ3v) is 17.8. The van der Waals surface area contributed by atoms with Crippen molar-refractivity contribution in [3.63, 3.8) is 0 Å². The van der Waals surface area contributed by atoms with Crippen LogP contribution in [0.1, 0.15) is 139 Å². The van der Waals surface area contributed by atoms with Crippen molar-refractivity contribution in [2.24, 2.45) is 33.5 Å². The molecular formula is C44H73N7O7S. The van der Waals surface area contributed by atoms with E-state index in [4.69, 9.17) is 0 Å². The van der Waals surface area contributed by atoms with Crippen LogP contribution < -0.4 is 20.7 Å². The number of hydrogen-bond donors (Lipinski definition) is 4.